The van der Waals surface area contributed by atoms with E-state index in [1.165, 1.54) is 0 Å². The molecule has 0 aromatic heterocycles. The van der Waals surface area contributed by atoms with E-state index < -0.39 is 0 Å². The summed E-state index contributed by atoms with van der Waals surface area (Å²) in [5, 5.41) is 0. The highest BCUT2D eigenvalue weighted by atomic mass is 16.5. The van der Waals surface area contributed by atoms with Crippen LogP contribution >= 0.6 is 0 Å². The highest BCUT2D eigenvalue weighted by molar-refractivity contribution is 5.94. The van der Waals surface area contributed by atoms with E-state index in [1.54, 1.807) is 14.2 Å². The first-order valence-electron chi connectivity index (χ1n) is 12.1. The van der Waals surface area contributed by atoms with Gasteiger partial charge in [0.25, 0.3) is 5.91 Å². The van der Waals surface area contributed by atoms with E-state index in [-0.39, 0.29) is 5.91 Å². The van der Waals surface area contributed by atoms with Crippen LogP contribution in [0.15, 0.2) is 66.7 Å². The van der Waals surface area contributed by atoms with E-state index in [0.29, 0.717) is 36.9 Å². The molecule has 6 heteroatoms. The Morgan fingerprint density at radius 1 is 0.857 bits per heavy atom. The molecular formula is C29H34N2O4. The van der Waals surface area contributed by atoms with Crippen LogP contribution in [0.3, 0.4) is 0 Å². The van der Waals surface area contributed by atoms with Gasteiger partial charge in [-0.15, -0.1) is 0 Å². The fourth-order valence-electron chi connectivity index (χ4n) is 4.41. The second-order valence-electron chi connectivity index (χ2n) is 8.99. The van der Waals surface area contributed by atoms with E-state index in [1.807, 2.05) is 53.4 Å². The van der Waals surface area contributed by atoms with Gasteiger partial charge in [-0.1, -0.05) is 32.0 Å². The van der Waals surface area contributed by atoms with Crippen molar-refractivity contribution in [1.29, 1.82) is 0 Å². The van der Waals surface area contributed by atoms with Gasteiger partial charge in [0.05, 0.1) is 14.2 Å². The number of para-hydroxylation sites is 1. The molecule has 0 radical (unpaired) electrons. The summed E-state index contributed by atoms with van der Waals surface area (Å²) in [5.41, 5.74) is 3.81. The zero-order chi connectivity index (χ0) is 24.8. The quantitative estimate of drug-likeness (QED) is 0.439. The fraction of sp³-hybridized carbons (Fsp3) is 0.345. The topological polar surface area (TPSA) is 51.2 Å². The van der Waals surface area contributed by atoms with Crippen LogP contribution < -0.4 is 19.1 Å². The molecular weight excluding hydrogens is 440 g/mol. The van der Waals surface area contributed by atoms with Crippen molar-refractivity contribution < 1.29 is 19.0 Å². The summed E-state index contributed by atoms with van der Waals surface area (Å²) in [6, 6.07) is 21.7. The van der Waals surface area contributed by atoms with Crippen LogP contribution in [0.4, 0.5) is 5.69 Å². The second-order valence-corrected chi connectivity index (χ2v) is 8.99. The zero-order valence-electron chi connectivity index (χ0n) is 21.0. The van der Waals surface area contributed by atoms with Crippen molar-refractivity contribution in [3.05, 3.63) is 83.4 Å². The molecule has 1 heterocycles. The molecule has 1 saturated heterocycles. The van der Waals surface area contributed by atoms with Gasteiger partial charge in [-0.25, -0.2) is 0 Å². The lowest BCUT2D eigenvalue weighted by Crippen LogP contribution is -2.48. The molecule has 1 amide bonds. The largest absolute Gasteiger partial charge is 0.497 e. The summed E-state index contributed by atoms with van der Waals surface area (Å²) in [6.07, 6.45) is 0. The monoisotopic (exact) mass is 474 g/mol. The fourth-order valence-corrected chi connectivity index (χ4v) is 4.41. The van der Waals surface area contributed by atoms with Crippen LogP contribution in [-0.2, 0) is 6.61 Å². The average molecular weight is 475 g/mol. The molecule has 35 heavy (non-hydrogen) atoms. The lowest BCUT2D eigenvalue weighted by molar-refractivity contribution is 0.0746. The number of rotatable bonds is 8. The number of methoxy groups -OCH3 is 2. The van der Waals surface area contributed by atoms with Gasteiger partial charge >= 0.3 is 0 Å². The molecule has 0 bridgehead atoms. The number of benzene rings is 3. The van der Waals surface area contributed by atoms with Crippen LogP contribution in [0.2, 0.25) is 0 Å². The van der Waals surface area contributed by atoms with E-state index in [0.717, 1.165) is 41.4 Å². The van der Waals surface area contributed by atoms with Crippen molar-refractivity contribution in [2.24, 2.45) is 0 Å². The van der Waals surface area contributed by atoms with Gasteiger partial charge in [-0.3, -0.25) is 4.79 Å². The summed E-state index contributed by atoms with van der Waals surface area (Å²) in [5.74, 6) is 2.81. The van der Waals surface area contributed by atoms with Crippen molar-refractivity contribution in [3.63, 3.8) is 0 Å². The van der Waals surface area contributed by atoms with Crippen LogP contribution in [0, 0.1) is 0 Å². The molecule has 1 aliphatic rings. The summed E-state index contributed by atoms with van der Waals surface area (Å²) in [4.78, 5) is 17.5. The van der Waals surface area contributed by atoms with Crippen LogP contribution in [0.5, 0.6) is 17.2 Å². The Morgan fingerprint density at radius 2 is 1.57 bits per heavy atom. The minimum absolute atomic E-state index is 0.0332. The minimum Gasteiger partial charge on any atom is -0.497 e. The number of carbonyl (C=O) groups is 1. The summed E-state index contributed by atoms with van der Waals surface area (Å²) in [7, 11) is 3.31. The van der Waals surface area contributed by atoms with Crippen molar-refractivity contribution in [1.82, 2.24) is 4.90 Å². The van der Waals surface area contributed by atoms with Gasteiger partial charge in [0.1, 0.15) is 23.9 Å². The SMILES string of the molecule is COc1ccc(N2CCN(C(=O)c3ccc(OC)c(COc4ccccc4C(C)C)c3)CC2)cc1. The molecule has 184 valence electrons. The van der Waals surface area contributed by atoms with Crippen molar-refractivity contribution in [2.75, 3.05) is 45.3 Å². The van der Waals surface area contributed by atoms with Gasteiger partial charge < -0.3 is 24.0 Å². The number of hydrogen-bond donors (Lipinski definition) is 0. The third-order valence-electron chi connectivity index (χ3n) is 6.46. The number of carbonyl (C=O) groups excluding carboxylic acids is 1. The molecule has 1 aliphatic heterocycles. The summed E-state index contributed by atoms with van der Waals surface area (Å²) >= 11 is 0. The first kappa shape index (κ1) is 24.5. The molecule has 0 spiro atoms. The summed E-state index contributed by atoms with van der Waals surface area (Å²) in [6.45, 7) is 7.55. The molecule has 3 aromatic rings. The Bertz CT molecular complexity index is 1140. The van der Waals surface area contributed by atoms with E-state index >= 15 is 0 Å². The lowest BCUT2D eigenvalue weighted by Gasteiger charge is -2.36. The third-order valence-corrected chi connectivity index (χ3v) is 6.46. The van der Waals surface area contributed by atoms with Crippen LogP contribution in [-0.4, -0.2) is 51.2 Å². The highest BCUT2D eigenvalue weighted by Gasteiger charge is 2.23. The Balaban J connectivity index is 1.42. The minimum atomic E-state index is 0.0332. The van der Waals surface area contributed by atoms with E-state index in [2.05, 4.69) is 36.9 Å². The van der Waals surface area contributed by atoms with Gasteiger partial charge in [0.2, 0.25) is 0 Å². The average Bonchev–Trinajstić information content (AvgIpc) is 2.91. The molecule has 6 nitrogen and oxygen atoms in total. The molecule has 4 rings (SSSR count). The van der Waals surface area contributed by atoms with Gasteiger partial charge in [-0.05, 0) is 60.0 Å². The molecule has 0 atom stereocenters. The van der Waals surface area contributed by atoms with Crippen molar-refractivity contribution in [3.8, 4) is 17.2 Å². The third kappa shape index (κ3) is 5.70. The normalized spacial score (nSPS) is 13.6. The maximum absolute atomic E-state index is 13.3. The number of nitrogens with zero attached hydrogens (tertiary/aromatic N) is 2. The van der Waals surface area contributed by atoms with Crippen LogP contribution in [0.25, 0.3) is 0 Å². The smallest absolute Gasteiger partial charge is 0.253 e. The Hall–Kier alpha value is -3.67. The predicted octanol–water partition coefficient (Wildman–Crippen LogP) is 5.37. The molecule has 3 aromatic carbocycles. The summed E-state index contributed by atoms with van der Waals surface area (Å²) < 4.78 is 17.0. The number of ether oxygens (including phenoxy) is 3. The van der Waals surface area contributed by atoms with E-state index in [9.17, 15) is 4.79 Å². The molecule has 0 aliphatic carbocycles. The molecule has 0 saturated carbocycles. The van der Waals surface area contributed by atoms with Crippen LogP contribution in [0.1, 0.15) is 41.3 Å². The first-order valence-corrected chi connectivity index (χ1v) is 12.1. The van der Waals surface area contributed by atoms with Gasteiger partial charge in [0, 0.05) is 43.0 Å². The molecule has 0 unspecified atom stereocenters. The lowest BCUT2D eigenvalue weighted by atomic mass is 10.0. The van der Waals surface area contributed by atoms with Gasteiger partial charge in [-0.2, -0.15) is 0 Å². The first-order chi connectivity index (χ1) is 17.0. The van der Waals surface area contributed by atoms with Crippen molar-refractivity contribution in [2.45, 2.75) is 26.4 Å². The number of anilines is 1. The van der Waals surface area contributed by atoms with E-state index in [4.69, 9.17) is 14.2 Å². The molecule has 0 N–H and O–H groups in total. The number of amides is 1. The Labute approximate surface area is 208 Å². The Kier molecular flexibility index (Phi) is 7.80. The second kappa shape index (κ2) is 11.2. The van der Waals surface area contributed by atoms with Gasteiger partial charge in [0.15, 0.2) is 0 Å². The van der Waals surface area contributed by atoms with Crippen molar-refractivity contribution >= 4 is 11.6 Å². The number of hydrogen-bond acceptors (Lipinski definition) is 5. The predicted molar refractivity (Wildman–Crippen MR) is 139 cm³/mol. The standard InChI is InChI=1S/C29H34N2O4/c1-21(2)26-7-5-6-8-28(26)35-20-23-19-22(9-14-27(23)34-4)29(32)31-17-15-30(16-18-31)24-10-12-25(33-3)13-11-24/h5-14,19,21H,15-18,20H2,1-4H3. The zero-order valence-corrected chi connectivity index (χ0v) is 21.0. The highest BCUT2D eigenvalue weighted by Crippen LogP contribution is 2.29. The number of piperazine rings is 1. The maximum Gasteiger partial charge on any atom is 0.253 e. The Morgan fingerprint density at radius 3 is 2.23 bits per heavy atom. The molecule has 1 fully saturated rings. The maximum atomic E-state index is 13.3.